The maximum Gasteiger partial charge on any atom is 0.387 e. The lowest BCUT2D eigenvalue weighted by Gasteiger charge is -2.71. The Balaban J connectivity index is -0.000000419. The van der Waals surface area contributed by atoms with Crippen molar-refractivity contribution in [2.45, 2.75) is 0 Å². The van der Waals surface area contributed by atoms with Gasteiger partial charge in [-0.3, -0.25) is 0 Å². The molecule has 0 radical (unpaired) electrons. The molecular formula is C32H96N8O20Si8. The Hall–Kier alpha value is 0.615. The largest absolute Gasteiger partial charge is 0.795 e. The van der Waals surface area contributed by atoms with Crippen LogP contribution in [-0.4, -0.2) is 334 Å². The standard InChI is InChI=1S/8C4H12N.O20Si8/c8*1-5(2,3)4;1-21-9-22(2)12-25(5)14-23(3,10-21)16-27(7)17-24(4,11-21)15-26(6,13-22)19-28(8,18-25)20-27/h8*1-4H3;/q8*+1;-8. The second-order valence-electron chi connectivity index (χ2n) is 26.7. The lowest BCUT2D eigenvalue weighted by molar-refractivity contribution is -0.849. The van der Waals surface area contributed by atoms with Crippen LogP contribution < -0.4 is 38.4 Å². The van der Waals surface area contributed by atoms with Gasteiger partial charge in [-0.1, -0.05) is 0 Å². The van der Waals surface area contributed by atoms with Crippen LogP contribution >= 0.6 is 0 Å². The molecule has 36 heteroatoms. The van der Waals surface area contributed by atoms with Gasteiger partial charge in [0.1, 0.15) is 0 Å². The zero-order valence-corrected chi connectivity index (χ0v) is 55.7. The molecule has 28 nitrogen and oxygen atoms in total. The summed E-state index contributed by atoms with van der Waals surface area (Å²) in [5.74, 6) is 0. The Bertz CT molecular complexity index is 1050. The van der Waals surface area contributed by atoms with Crippen LogP contribution in [0.1, 0.15) is 0 Å². The van der Waals surface area contributed by atoms with Gasteiger partial charge in [0.15, 0.2) is 0 Å². The van der Waals surface area contributed by atoms with Gasteiger partial charge in [0.05, 0.1) is 226 Å². The highest BCUT2D eigenvalue weighted by Gasteiger charge is 2.67. The van der Waals surface area contributed by atoms with Crippen LogP contribution in [0.2, 0.25) is 0 Å². The molecule has 68 heavy (non-hydrogen) atoms. The SMILES string of the molecule is C[N+](C)(C)C.C[N+](C)(C)C.C[N+](C)(C)C.C[N+](C)(C)C.C[N+](C)(C)C.C[N+](C)(C)C.C[N+](C)(C)C.C[N+](C)(C)C.[O-][Si]12O[Si]3([O-])O[Si]4([O-])O[Si]([O-])(O1)O[Si]1([O-])O[Si]([O-])(O2)O[Si]([O-])(O3)O[Si]([O-])(O4)O1. The molecule has 6 aliphatic rings. The van der Waals surface area contributed by atoms with E-state index in [4.69, 9.17) is 0 Å². The van der Waals surface area contributed by atoms with Gasteiger partial charge in [0, 0.05) is 0 Å². The average Bonchev–Trinajstić information content (AvgIpc) is 2.72. The van der Waals surface area contributed by atoms with Crippen molar-refractivity contribution in [2.24, 2.45) is 0 Å². The first kappa shape index (κ1) is 75.1. The van der Waals surface area contributed by atoms with Crippen LogP contribution in [0.3, 0.4) is 0 Å². The van der Waals surface area contributed by atoms with Crippen LogP contribution in [0, 0.1) is 0 Å². The molecule has 6 aliphatic heterocycles. The average molecular weight is 1140 g/mol. The summed E-state index contributed by atoms with van der Waals surface area (Å²) in [4.78, 5) is 101. The number of hydrogen-bond acceptors (Lipinski definition) is 20. The first-order valence-corrected chi connectivity index (χ1v) is 33.9. The lowest BCUT2D eigenvalue weighted by Crippen LogP contribution is -2.99. The molecule has 8 bridgehead atoms. The quantitative estimate of drug-likeness (QED) is 0.161. The van der Waals surface area contributed by atoms with Gasteiger partial charge in [-0.15, -0.1) is 0 Å². The highest BCUT2D eigenvalue weighted by Crippen LogP contribution is 2.39. The van der Waals surface area contributed by atoms with Gasteiger partial charge in [-0.2, -0.15) is 0 Å². The fourth-order valence-electron chi connectivity index (χ4n) is 2.34. The van der Waals surface area contributed by atoms with Crippen LogP contribution in [0.25, 0.3) is 0 Å². The van der Waals surface area contributed by atoms with Crippen molar-refractivity contribution >= 4 is 72.4 Å². The Labute approximate surface area is 420 Å². The van der Waals surface area contributed by atoms with E-state index in [-0.39, 0.29) is 0 Å². The molecule has 0 aliphatic carbocycles. The maximum absolute atomic E-state index is 12.6. The molecule has 6 rings (SSSR count). The molecule has 0 aromatic heterocycles. The second-order valence-corrected chi connectivity index (χ2v) is 44.5. The van der Waals surface area contributed by atoms with Gasteiger partial charge in [-0.05, 0) is 0 Å². The molecule has 0 amide bonds. The Morgan fingerprint density at radius 1 is 0.147 bits per heavy atom. The molecule has 6 fully saturated rings. The Morgan fingerprint density at radius 3 is 0.206 bits per heavy atom. The Morgan fingerprint density at radius 2 is 0.176 bits per heavy atom. The van der Waals surface area contributed by atoms with Gasteiger partial charge in [0.25, 0.3) is 0 Å². The van der Waals surface area contributed by atoms with Crippen molar-refractivity contribution < 1.29 is 124 Å². The normalized spacial score (nSPS) is 34.2. The third kappa shape index (κ3) is 54.4. The van der Waals surface area contributed by atoms with Crippen molar-refractivity contribution in [1.82, 2.24) is 0 Å². The van der Waals surface area contributed by atoms with E-state index in [2.05, 4.69) is 275 Å². The molecule has 0 N–H and O–H groups in total. The maximum atomic E-state index is 12.6. The fourth-order valence-corrected chi connectivity index (χ4v) is 30.0. The van der Waals surface area contributed by atoms with E-state index in [9.17, 15) is 38.4 Å². The summed E-state index contributed by atoms with van der Waals surface area (Å²) in [6.45, 7) is 0. The van der Waals surface area contributed by atoms with Crippen LogP contribution in [0.15, 0.2) is 0 Å². The minimum Gasteiger partial charge on any atom is -0.795 e. The minimum atomic E-state index is -6.08. The number of rotatable bonds is 0. The number of hydrogen-bond donors (Lipinski definition) is 0. The summed E-state index contributed by atoms with van der Waals surface area (Å²) >= 11 is 0. The molecule has 416 valence electrons. The van der Waals surface area contributed by atoms with E-state index < -0.39 is 72.4 Å². The third-order valence-electron chi connectivity index (χ3n) is 3.00. The van der Waals surface area contributed by atoms with Gasteiger partial charge in [0.2, 0.25) is 0 Å². The smallest absolute Gasteiger partial charge is 0.387 e. The molecular weight excluding hydrogens is 1040 g/mol. The van der Waals surface area contributed by atoms with E-state index in [1.54, 1.807) is 0 Å². The predicted molar refractivity (Wildman–Crippen MR) is 251 cm³/mol. The number of quaternary nitrogens is 8. The molecule has 0 saturated carbocycles. The van der Waals surface area contributed by atoms with E-state index in [1.165, 1.54) is 0 Å². The van der Waals surface area contributed by atoms with Gasteiger partial charge in [-0.25, -0.2) is 0 Å². The highest BCUT2D eigenvalue weighted by atomic mass is 28.7. The zero-order chi connectivity index (χ0) is 56.5. The van der Waals surface area contributed by atoms with Crippen molar-refractivity contribution in [1.29, 1.82) is 0 Å². The summed E-state index contributed by atoms with van der Waals surface area (Å²) < 4.78 is 59.4. The third-order valence-corrected chi connectivity index (χ3v) is 27.0. The molecule has 0 unspecified atom stereocenters. The van der Waals surface area contributed by atoms with Crippen LogP contribution in [0.5, 0.6) is 0 Å². The van der Waals surface area contributed by atoms with Gasteiger partial charge < -0.3 is 124 Å². The molecule has 6 saturated heterocycles. The summed E-state index contributed by atoms with van der Waals surface area (Å²) in [5, 5.41) is 0. The summed E-state index contributed by atoms with van der Waals surface area (Å²) in [7, 11) is 19.4. The minimum absolute atomic E-state index is 1.00. The summed E-state index contributed by atoms with van der Waals surface area (Å²) in [6.07, 6.45) is 0. The predicted octanol–water partition coefficient (Wildman–Crippen LogP) is -10.8. The summed E-state index contributed by atoms with van der Waals surface area (Å²) in [5.41, 5.74) is 0. The fraction of sp³-hybridized carbons (Fsp3) is 1.00. The zero-order valence-electron chi connectivity index (χ0n) is 47.7. The molecule has 0 aromatic carbocycles. The molecule has 0 aromatic rings. The first-order valence-electron chi connectivity index (χ1n) is 20.8. The van der Waals surface area contributed by atoms with Crippen molar-refractivity contribution in [2.75, 3.05) is 226 Å². The van der Waals surface area contributed by atoms with Crippen LogP contribution in [0.4, 0.5) is 0 Å². The summed E-state index contributed by atoms with van der Waals surface area (Å²) in [6, 6.07) is 0. The van der Waals surface area contributed by atoms with Gasteiger partial charge >= 0.3 is 72.4 Å². The van der Waals surface area contributed by atoms with E-state index >= 15 is 0 Å². The van der Waals surface area contributed by atoms with E-state index in [1.807, 2.05) is 0 Å². The molecule has 0 spiro atoms. The Kier molecular flexibility index (Phi) is 28.1. The monoisotopic (exact) mass is 1140 g/mol. The van der Waals surface area contributed by atoms with Crippen LogP contribution in [-0.2, 0) is 49.4 Å². The molecule has 0 atom stereocenters. The van der Waals surface area contributed by atoms with E-state index in [0.29, 0.717) is 0 Å². The topological polar surface area (TPSA) is 295 Å². The van der Waals surface area contributed by atoms with E-state index in [0.717, 1.165) is 35.9 Å². The number of nitrogens with zero attached hydrogens (tertiary/aromatic N) is 8. The first-order chi connectivity index (χ1) is 28.5. The lowest BCUT2D eigenvalue weighted by atomic mass is 10.8. The highest BCUT2D eigenvalue weighted by molar-refractivity contribution is 6.94. The second kappa shape index (κ2) is 25.4. The van der Waals surface area contributed by atoms with Crippen molar-refractivity contribution in [3.05, 3.63) is 0 Å². The van der Waals surface area contributed by atoms with Crippen molar-refractivity contribution in [3.8, 4) is 0 Å². The molecule has 6 heterocycles. The van der Waals surface area contributed by atoms with Crippen molar-refractivity contribution in [3.63, 3.8) is 0 Å².